The number of aryl methyl sites for hydroxylation is 1. The van der Waals surface area contributed by atoms with Crippen LogP contribution in [-0.2, 0) is 6.54 Å². The second-order valence-electron chi connectivity index (χ2n) is 5.93. The van der Waals surface area contributed by atoms with Crippen LogP contribution in [0, 0.1) is 12.8 Å². The van der Waals surface area contributed by atoms with Crippen molar-refractivity contribution in [3.63, 3.8) is 0 Å². The molecule has 2 aromatic rings. The van der Waals surface area contributed by atoms with Gasteiger partial charge in [-0.05, 0) is 56.9 Å². The molecule has 0 unspecified atom stereocenters. The van der Waals surface area contributed by atoms with Crippen molar-refractivity contribution in [3.8, 4) is 0 Å². The maximum Gasteiger partial charge on any atom is 0.258 e. The Morgan fingerprint density at radius 3 is 2.86 bits per heavy atom. The second kappa shape index (κ2) is 5.95. The van der Waals surface area contributed by atoms with Crippen molar-refractivity contribution in [1.29, 1.82) is 0 Å². The SMILES string of the molecule is Cc1cccn2c(=O)cc(CN3CCC(CN)CC3)nc12. The van der Waals surface area contributed by atoms with Crippen LogP contribution >= 0.6 is 0 Å². The van der Waals surface area contributed by atoms with Crippen LogP contribution in [0.15, 0.2) is 29.2 Å². The van der Waals surface area contributed by atoms with Crippen LogP contribution in [-0.4, -0.2) is 33.9 Å². The van der Waals surface area contributed by atoms with Crippen LogP contribution in [0.4, 0.5) is 0 Å². The van der Waals surface area contributed by atoms with Gasteiger partial charge in [0.2, 0.25) is 0 Å². The molecular weight excluding hydrogens is 264 g/mol. The Labute approximate surface area is 124 Å². The predicted octanol–water partition coefficient (Wildman–Crippen LogP) is 1.17. The van der Waals surface area contributed by atoms with Gasteiger partial charge in [-0.15, -0.1) is 0 Å². The van der Waals surface area contributed by atoms with Crippen LogP contribution < -0.4 is 11.3 Å². The highest BCUT2D eigenvalue weighted by Gasteiger charge is 2.18. The Morgan fingerprint density at radius 2 is 2.14 bits per heavy atom. The molecule has 0 radical (unpaired) electrons. The molecule has 1 saturated heterocycles. The normalized spacial score (nSPS) is 17.4. The standard InChI is InChI=1S/C16H22N4O/c1-12-3-2-6-20-15(21)9-14(18-16(12)20)11-19-7-4-13(10-17)5-8-19/h2-3,6,9,13H,4-5,7-8,10-11,17H2,1H3. The van der Waals surface area contributed by atoms with E-state index in [1.54, 1.807) is 16.7 Å². The van der Waals surface area contributed by atoms with E-state index in [4.69, 9.17) is 5.73 Å². The molecule has 0 atom stereocenters. The number of fused-ring (bicyclic) bond motifs is 1. The summed E-state index contributed by atoms with van der Waals surface area (Å²) in [4.78, 5) is 19.2. The number of hydrogen-bond acceptors (Lipinski definition) is 4. The summed E-state index contributed by atoms with van der Waals surface area (Å²) in [6.45, 7) is 5.59. The summed E-state index contributed by atoms with van der Waals surface area (Å²) in [5, 5.41) is 0. The zero-order chi connectivity index (χ0) is 14.8. The van der Waals surface area contributed by atoms with Gasteiger partial charge >= 0.3 is 0 Å². The number of nitrogens with zero attached hydrogens (tertiary/aromatic N) is 3. The Morgan fingerprint density at radius 1 is 1.38 bits per heavy atom. The molecule has 112 valence electrons. The Balaban J connectivity index is 1.82. The quantitative estimate of drug-likeness (QED) is 0.920. The lowest BCUT2D eigenvalue weighted by atomic mass is 9.97. The molecule has 0 aliphatic carbocycles. The van der Waals surface area contributed by atoms with Crippen molar-refractivity contribution in [2.24, 2.45) is 11.7 Å². The third-order valence-electron chi connectivity index (χ3n) is 4.37. The third kappa shape index (κ3) is 2.99. The first-order valence-electron chi connectivity index (χ1n) is 7.57. The molecule has 0 spiro atoms. The first-order valence-corrected chi connectivity index (χ1v) is 7.57. The molecule has 3 rings (SSSR count). The van der Waals surface area contributed by atoms with Crippen molar-refractivity contribution in [1.82, 2.24) is 14.3 Å². The van der Waals surface area contributed by atoms with E-state index in [1.165, 1.54) is 0 Å². The lowest BCUT2D eigenvalue weighted by Crippen LogP contribution is -2.36. The monoisotopic (exact) mass is 286 g/mol. The number of piperidine rings is 1. The molecule has 0 amide bonds. The zero-order valence-electron chi connectivity index (χ0n) is 12.5. The molecule has 0 saturated carbocycles. The summed E-state index contributed by atoms with van der Waals surface area (Å²) in [5.41, 5.74) is 8.37. The van der Waals surface area contributed by atoms with Crippen molar-refractivity contribution in [2.45, 2.75) is 26.3 Å². The minimum Gasteiger partial charge on any atom is -0.330 e. The van der Waals surface area contributed by atoms with E-state index in [9.17, 15) is 4.79 Å². The van der Waals surface area contributed by atoms with Crippen molar-refractivity contribution >= 4 is 5.65 Å². The van der Waals surface area contributed by atoms with E-state index in [1.807, 2.05) is 19.1 Å². The molecular formula is C16H22N4O. The topological polar surface area (TPSA) is 63.6 Å². The molecule has 5 nitrogen and oxygen atoms in total. The summed E-state index contributed by atoms with van der Waals surface area (Å²) in [6.07, 6.45) is 4.05. The predicted molar refractivity (Wildman–Crippen MR) is 83.3 cm³/mol. The number of hydrogen-bond donors (Lipinski definition) is 1. The molecule has 0 aromatic carbocycles. The number of nitrogens with two attached hydrogens (primary N) is 1. The minimum absolute atomic E-state index is 0.00413. The van der Waals surface area contributed by atoms with Gasteiger partial charge in [0.15, 0.2) is 0 Å². The summed E-state index contributed by atoms with van der Waals surface area (Å²) < 4.78 is 1.61. The van der Waals surface area contributed by atoms with Gasteiger partial charge in [0.05, 0.1) is 5.69 Å². The van der Waals surface area contributed by atoms with Gasteiger partial charge < -0.3 is 5.73 Å². The third-order valence-corrected chi connectivity index (χ3v) is 4.37. The first kappa shape index (κ1) is 14.2. The summed E-state index contributed by atoms with van der Waals surface area (Å²) in [7, 11) is 0. The largest absolute Gasteiger partial charge is 0.330 e. The van der Waals surface area contributed by atoms with Gasteiger partial charge in [-0.2, -0.15) is 0 Å². The minimum atomic E-state index is -0.00413. The van der Waals surface area contributed by atoms with E-state index < -0.39 is 0 Å². The van der Waals surface area contributed by atoms with E-state index in [2.05, 4.69) is 9.88 Å². The molecule has 1 fully saturated rings. The van der Waals surface area contributed by atoms with E-state index in [0.29, 0.717) is 5.92 Å². The highest BCUT2D eigenvalue weighted by atomic mass is 16.1. The summed E-state index contributed by atoms with van der Waals surface area (Å²) in [5.74, 6) is 0.652. The fourth-order valence-electron chi connectivity index (χ4n) is 3.00. The Hall–Kier alpha value is -1.72. The highest BCUT2D eigenvalue weighted by molar-refractivity contribution is 5.46. The maximum atomic E-state index is 12.2. The molecule has 3 heterocycles. The second-order valence-corrected chi connectivity index (χ2v) is 5.93. The van der Waals surface area contributed by atoms with E-state index in [0.717, 1.165) is 55.9 Å². The Bertz CT molecular complexity index is 686. The van der Waals surface area contributed by atoms with Crippen LogP contribution in [0.25, 0.3) is 5.65 Å². The Kier molecular flexibility index (Phi) is 4.03. The lowest BCUT2D eigenvalue weighted by molar-refractivity contribution is 0.178. The molecule has 2 aromatic heterocycles. The van der Waals surface area contributed by atoms with Gasteiger partial charge in [-0.25, -0.2) is 4.98 Å². The van der Waals surface area contributed by atoms with E-state index >= 15 is 0 Å². The maximum absolute atomic E-state index is 12.2. The average Bonchev–Trinajstić information content (AvgIpc) is 2.49. The smallest absolute Gasteiger partial charge is 0.258 e. The van der Waals surface area contributed by atoms with Crippen molar-refractivity contribution in [3.05, 3.63) is 46.0 Å². The lowest BCUT2D eigenvalue weighted by Gasteiger charge is -2.30. The average molecular weight is 286 g/mol. The van der Waals surface area contributed by atoms with E-state index in [-0.39, 0.29) is 5.56 Å². The fourth-order valence-corrected chi connectivity index (χ4v) is 3.00. The van der Waals surface area contributed by atoms with Crippen LogP contribution in [0.1, 0.15) is 24.1 Å². The number of aromatic nitrogens is 2. The summed E-state index contributed by atoms with van der Waals surface area (Å²) >= 11 is 0. The fraction of sp³-hybridized carbons (Fsp3) is 0.500. The molecule has 21 heavy (non-hydrogen) atoms. The molecule has 0 bridgehead atoms. The molecule has 1 aliphatic rings. The van der Waals surface area contributed by atoms with Gasteiger partial charge in [0.1, 0.15) is 5.65 Å². The zero-order valence-corrected chi connectivity index (χ0v) is 12.5. The van der Waals surface area contributed by atoms with Gasteiger partial charge in [0, 0.05) is 18.8 Å². The van der Waals surface area contributed by atoms with Crippen LogP contribution in [0.2, 0.25) is 0 Å². The number of rotatable bonds is 3. The molecule has 1 aliphatic heterocycles. The van der Waals surface area contributed by atoms with Crippen LogP contribution in [0.3, 0.4) is 0 Å². The number of pyridine rings is 1. The molecule has 5 heteroatoms. The van der Waals surface area contributed by atoms with Gasteiger partial charge in [-0.3, -0.25) is 14.1 Å². The summed E-state index contributed by atoms with van der Waals surface area (Å²) in [6, 6.07) is 5.52. The van der Waals surface area contributed by atoms with Crippen LogP contribution in [0.5, 0.6) is 0 Å². The number of likely N-dealkylation sites (tertiary alicyclic amines) is 1. The highest BCUT2D eigenvalue weighted by Crippen LogP contribution is 2.17. The van der Waals surface area contributed by atoms with Crippen molar-refractivity contribution < 1.29 is 0 Å². The first-order chi connectivity index (χ1) is 10.2. The molecule has 2 N–H and O–H groups in total. The van der Waals surface area contributed by atoms with Gasteiger partial charge in [0.25, 0.3) is 5.56 Å². The van der Waals surface area contributed by atoms with Crippen molar-refractivity contribution in [2.75, 3.05) is 19.6 Å². The van der Waals surface area contributed by atoms with Gasteiger partial charge in [-0.1, -0.05) is 6.07 Å².